The van der Waals surface area contributed by atoms with Gasteiger partial charge in [-0.05, 0) is 67.9 Å². The predicted octanol–water partition coefficient (Wildman–Crippen LogP) is 8.54. The van der Waals surface area contributed by atoms with Gasteiger partial charge in [-0.2, -0.15) is 0 Å². The molecule has 1 aromatic rings. The van der Waals surface area contributed by atoms with E-state index in [4.69, 9.17) is 0 Å². The van der Waals surface area contributed by atoms with Crippen LogP contribution in [0.3, 0.4) is 0 Å². The number of nitrogens with zero attached hydrogens (tertiary/aromatic N) is 2. The Morgan fingerprint density at radius 1 is 1.05 bits per heavy atom. The number of rotatable bonds is 8. The Bertz CT molecular complexity index is 1310. The lowest BCUT2D eigenvalue weighted by atomic mass is 9.92. The van der Waals surface area contributed by atoms with Crippen LogP contribution in [0, 0.1) is 0 Å². The lowest BCUT2D eigenvalue weighted by molar-refractivity contribution is 0.468. The smallest absolute Gasteiger partial charge is 0.0490 e. The predicted molar refractivity (Wildman–Crippen MR) is 171 cm³/mol. The molecule has 5 rings (SSSR count). The van der Waals surface area contributed by atoms with E-state index in [2.05, 4.69) is 107 Å². The maximum Gasteiger partial charge on any atom is 0.0490 e. The second-order valence-corrected chi connectivity index (χ2v) is 12.5. The third-order valence-electron chi connectivity index (χ3n) is 7.12. The molecule has 0 aromatic heterocycles. The van der Waals surface area contributed by atoms with Gasteiger partial charge in [-0.25, -0.2) is 0 Å². The molecule has 0 radical (unpaired) electrons. The summed E-state index contributed by atoms with van der Waals surface area (Å²) in [4.78, 5) is 5.89. The first-order valence-corrected chi connectivity index (χ1v) is 15.5. The second-order valence-electron chi connectivity index (χ2n) is 10.0. The minimum atomic E-state index is -1.63. The third-order valence-corrected chi connectivity index (χ3v) is 8.95. The fourth-order valence-corrected chi connectivity index (χ4v) is 6.41. The van der Waals surface area contributed by atoms with Gasteiger partial charge in [-0.1, -0.05) is 75.2 Å². The lowest BCUT2D eigenvalue weighted by Crippen LogP contribution is -2.28. The molecule has 1 aromatic carbocycles. The first-order valence-electron chi connectivity index (χ1n) is 13.6. The second kappa shape index (κ2) is 11.5. The number of anilines is 2. The number of likely N-dealkylation sites (N-methyl/N-ethyl adjacent to an activating group) is 1. The summed E-state index contributed by atoms with van der Waals surface area (Å²) in [6.45, 7) is 13.9. The average molecular weight is 514 g/mol. The standard InChI is InChI=1S/C31H37N3S.C2H6/c1-23-29-20-26(32-35(4,5)28-14-10-7-11-15-28)16-19-31(29)34(27-17-18-27)22-30(23)24(2)33(3)21-25-12-8-6-9-13-25;1-2/h8,10,12-16,19-20,22,27,32H,1-2,4-7,9,11,17-18,21H2,3H3;1-2H3. The summed E-state index contributed by atoms with van der Waals surface area (Å²) in [5.41, 5.74) is 7.93. The molecule has 4 aliphatic rings. The molecule has 1 saturated carbocycles. The lowest BCUT2D eigenvalue weighted by Gasteiger charge is -2.34. The Morgan fingerprint density at radius 3 is 2.38 bits per heavy atom. The van der Waals surface area contributed by atoms with Gasteiger partial charge >= 0.3 is 0 Å². The topological polar surface area (TPSA) is 18.5 Å². The zero-order valence-corrected chi connectivity index (χ0v) is 23.7. The van der Waals surface area contributed by atoms with E-state index in [1.807, 2.05) is 13.8 Å². The molecule has 1 N–H and O–H groups in total. The van der Waals surface area contributed by atoms with Crippen molar-refractivity contribution in [3.8, 4) is 0 Å². The molecule has 0 spiro atoms. The van der Waals surface area contributed by atoms with Crippen molar-refractivity contribution in [3.05, 3.63) is 101 Å². The molecule has 0 bridgehead atoms. The number of fused-ring (bicyclic) bond motifs is 1. The number of nitrogens with one attached hydrogen (secondary N) is 1. The molecular formula is C33H43N3S. The summed E-state index contributed by atoms with van der Waals surface area (Å²) in [6.07, 6.45) is 22.6. The monoisotopic (exact) mass is 513 g/mol. The van der Waals surface area contributed by atoms with Gasteiger partial charge < -0.3 is 14.5 Å². The normalized spacial score (nSPS) is 18.6. The molecule has 37 heavy (non-hydrogen) atoms. The molecule has 0 atom stereocenters. The average Bonchev–Trinajstić information content (AvgIpc) is 3.76. The van der Waals surface area contributed by atoms with Crippen molar-refractivity contribution in [2.75, 3.05) is 23.2 Å². The largest absolute Gasteiger partial charge is 0.370 e. The van der Waals surface area contributed by atoms with E-state index in [9.17, 15) is 0 Å². The van der Waals surface area contributed by atoms with Gasteiger partial charge in [0.15, 0.2) is 0 Å². The minimum absolute atomic E-state index is 0.556. The van der Waals surface area contributed by atoms with Crippen LogP contribution < -0.4 is 9.62 Å². The van der Waals surface area contributed by atoms with E-state index in [1.165, 1.54) is 29.0 Å². The highest BCUT2D eigenvalue weighted by molar-refractivity contribution is 8.32. The molecule has 1 heterocycles. The van der Waals surface area contributed by atoms with Gasteiger partial charge in [0.05, 0.1) is 0 Å². The van der Waals surface area contributed by atoms with Crippen LogP contribution in [0.4, 0.5) is 11.4 Å². The van der Waals surface area contributed by atoms with Crippen molar-refractivity contribution in [1.29, 1.82) is 0 Å². The fraction of sp³-hybridized carbons (Fsp3) is 0.333. The van der Waals surface area contributed by atoms with Gasteiger partial charge in [-0.15, -0.1) is 9.39 Å². The Morgan fingerprint density at radius 2 is 1.76 bits per heavy atom. The van der Waals surface area contributed by atoms with E-state index < -0.39 is 9.39 Å². The third kappa shape index (κ3) is 6.07. The van der Waals surface area contributed by atoms with Crippen molar-refractivity contribution in [2.45, 2.75) is 58.4 Å². The van der Waals surface area contributed by atoms with Crippen LogP contribution >= 0.6 is 9.39 Å². The van der Waals surface area contributed by atoms with Gasteiger partial charge in [0.1, 0.15) is 0 Å². The highest BCUT2D eigenvalue weighted by atomic mass is 32.2. The summed E-state index contributed by atoms with van der Waals surface area (Å²) >= 11 is 0. The highest BCUT2D eigenvalue weighted by Crippen LogP contribution is 2.46. The maximum absolute atomic E-state index is 4.54. The van der Waals surface area contributed by atoms with Gasteiger partial charge in [-0.3, -0.25) is 0 Å². The van der Waals surface area contributed by atoms with E-state index in [-0.39, 0.29) is 0 Å². The highest BCUT2D eigenvalue weighted by Gasteiger charge is 2.34. The van der Waals surface area contributed by atoms with Gasteiger partial charge in [0.25, 0.3) is 0 Å². The number of allylic oxidation sites excluding steroid dienone is 6. The minimum Gasteiger partial charge on any atom is -0.370 e. The van der Waals surface area contributed by atoms with Crippen molar-refractivity contribution in [2.24, 2.45) is 0 Å². The molecule has 3 nitrogen and oxygen atoms in total. The van der Waals surface area contributed by atoms with Gasteiger partial charge in [0, 0.05) is 58.9 Å². The number of hydrogen-bond donors (Lipinski definition) is 1. The zero-order chi connectivity index (χ0) is 26.6. The molecule has 1 fully saturated rings. The first kappa shape index (κ1) is 26.9. The van der Waals surface area contributed by atoms with Crippen LogP contribution in [0.1, 0.15) is 57.9 Å². The Balaban J connectivity index is 0.00000156. The molecule has 0 unspecified atom stereocenters. The first-order chi connectivity index (χ1) is 17.8. The van der Waals surface area contributed by atoms with Crippen molar-refractivity contribution in [3.63, 3.8) is 0 Å². The molecule has 0 saturated heterocycles. The molecule has 4 heteroatoms. The van der Waals surface area contributed by atoms with Crippen LogP contribution in [-0.2, 0) is 0 Å². The van der Waals surface area contributed by atoms with Crippen LogP contribution in [-0.4, -0.2) is 36.3 Å². The summed E-state index contributed by atoms with van der Waals surface area (Å²) in [5, 5.41) is 0. The fourth-order valence-electron chi connectivity index (χ4n) is 4.93. The van der Waals surface area contributed by atoms with Crippen LogP contribution in [0.2, 0.25) is 0 Å². The summed E-state index contributed by atoms with van der Waals surface area (Å²) in [5.74, 6) is 8.92. The molecule has 3 aliphatic carbocycles. The zero-order valence-electron chi connectivity index (χ0n) is 22.9. The van der Waals surface area contributed by atoms with E-state index >= 15 is 0 Å². The Kier molecular flexibility index (Phi) is 8.39. The number of hydrogen-bond acceptors (Lipinski definition) is 3. The van der Waals surface area contributed by atoms with Crippen LogP contribution in [0.25, 0.3) is 5.57 Å². The van der Waals surface area contributed by atoms with Crippen LogP contribution in [0.5, 0.6) is 0 Å². The molecule has 1 aliphatic heterocycles. The quantitative estimate of drug-likeness (QED) is 0.351. The van der Waals surface area contributed by atoms with Gasteiger partial charge in [0.2, 0.25) is 0 Å². The van der Waals surface area contributed by atoms with Crippen molar-refractivity contribution in [1.82, 2.24) is 4.90 Å². The SMILES string of the molecule is C=C1C(C(=C)N(C)CC2=CCCC=C2)=CN(C2CC2)c2ccc(NS(=C)(=C)C3=CCCC=C3)cc21.CC. The van der Waals surface area contributed by atoms with E-state index in [0.29, 0.717) is 6.04 Å². The summed E-state index contributed by atoms with van der Waals surface area (Å²) in [7, 11) is 0.499. The van der Waals surface area contributed by atoms with E-state index in [1.54, 1.807) is 0 Å². The number of benzene rings is 1. The molecule has 0 amide bonds. The summed E-state index contributed by atoms with van der Waals surface area (Å²) < 4.78 is 3.65. The van der Waals surface area contributed by atoms with Crippen molar-refractivity contribution >= 4 is 38.1 Å². The Labute approximate surface area is 225 Å². The Hall–Kier alpha value is -3.11. The molecular weight excluding hydrogens is 470 g/mol. The maximum atomic E-state index is 4.54. The summed E-state index contributed by atoms with van der Waals surface area (Å²) in [6, 6.07) is 7.17. The molecule has 196 valence electrons. The van der Waals surface area contributed by atoms with E-state index in [0.717, 1.165) is 60.3 Å². The van der Waals surface area contributed by atoms with Crippen LogP contribution in [0.15, 0.2) is 95.8 Å². The van der Waals surface area contributed by atoms with Crippen molar-refractivity contribution < 1.29 is 0 Å².